The minimum atomic E-state index is -0.0498. The lowest BCUT2D eigenvalue weighted by molar-refractivity contribution is -0.146. The Morgan fingerprint density at radius 3 is 2.00 bits per heavy atom. The van der Waals surface area contributed by atoms with Gasteiger partial charge in [-0.25, -0.2) is 0 Å². The van der Waals surface area contributed by atoms with E-state index in [1.807, 2.05) is 0 Å². The van der Waals surface area contributed by atoms with Crippen LogP contribution in [-0.4, -0.2) is 23.8 Å². The SMILES string of the molecule is CN1C(=O)CCCC1=O. The summed E-state index contributed by atoms with van der Waals surface area (Å²) < 4.78 is 0. The molecule has 0 N–H and O–H groups in total. The average Bonchev–Trinajstić information content (AvgIpc) is 1.83. The highest BCUT2D eigenvalue weighted by atomic mass is 16.2. The van der Waals surface area contributed by atoms with Gasteiger partial charge in [0.05, 0.1) is 0 Å². The number of hydrogen-bond acceptors (Lipinski definition) is 2. The van der Waals surface area contributed by atoms with Gasteiger partial charge in [-0.2, -0.15) is 0 Å². The highest BCUT2D eigenvalue weighted by molar-refractivity contribution is 5.97. The van der Waals surface area contributed by atoms with Crippen LogP contribution in [0.2, 0.25) is 0 Å². The van der Waals surface area contributed by atoms with Crippen LogP contribution in [0.5, 0.6) is 0 Å². The summed E-state index contributed by atoms with van der Waals surface area (Å²) in [5, 5.41) is 0. The molecule has 0 aliphatic carbocycles. The lowest BCUT2D eigenvalue weighted by atomic mass is 10.1. The van der Waals surface area contributed by atoms with Crippen LogP contribution in [0.1, 0.15) is 19.3 Å². The van der Waals surface area contributed by atoms with Crippen LogP contribution in [0.15, 0.2) is 0 Å². The first-order valence-electron chi connectivity index (χ1n) is 3.01. The average molecular weight is 127 g/mol. The Balaban J connectivity index is 2.62. The standard InChI is InChI=1S/C6H9NO2/c1-7-5(8)3-2-4-6(7)9/h2-4H2,1H3. The van der Waals surface area contributed by atoms with Crippen LogP contribution in [0.3, 0.4) is 0 Å². The summed E-state index contributed by atoms with van der Waals surface area (Å²) >= 11 is 0. The van der Waals surface area contributed by atoms with Gasteiger partial charge >= 0.3 is 0 Å². The summed E-state index contributed by atoms with van der Waals surface area (Å²) in [6.45, 7) is 0. The molecule has 0 saturated carbocycles. The molecule has 50 valence electrons. The van der Waals surface area contributed by atoms with Crippen molar-refractivity contribution >= 4 is 11.8 Å². The molecule has 3 nitrogen and oxygen atoms in total. The zero-order valence-corrected chi connectivity index (χ0v) is 5.39. The Morgan fingerprint density at radius 1 is 1.22 bits per heavy atom. The number of hydrogen-bond donors (Lipinski definition) is 0. The molecule has 1 aliphatic heterocycles. The van der Waals surface area contributed by atoms with Gasteiger partial charge in [-0.15, -0.1) is 0 Å². The zero-order chi connectivity index (χ0) is 6.85. The highest BCUT2D eigenvalue weighted by Crippen LogP contribution is 2.08. The summed E-state index contributed by atoms with van der Waals surface area (Å²) in [4.78, 5) is 22.6. The van der Waals surface area contributed by atoms with Crippen molar-refractivity contribution < 1.29 is 9.59 Å². The first-order valence-corrected chi connectivity index (χ1v) is 3.01. The molecule has 1 fully saturated rings. The highest BCUT2D eigenvalue weighted by Gasteiger charge is 2.20. The Bertz CT molecular complexity index is 137. The van der Waals surface area contributed by atoms with Gasteiger partial charge in [0.2, 0.25) is 11.8 Å². The summed E-state index contributed by atoms with van der Waals surface area (Å²) in [7, 11) is 1.53. The lowest BCUT2D eigenvalue weighted by Gasteiger charge is -2.19. The maximum atomic E-state index is 10.7. The molecule has 0 atom stereocenters. The van der Waals surface area contributed by atoms with E-state index in [2.05, 4.69) is 0 Å². The first kappa shape index (κ1) is 6.26. The maximum absolute atomic E-state index is 10.7. The number of rotatable bonds is 0. The first-order chi connectivity index (χ1) is 4.22. The van der Waals surface area contributed by atoms with Gasteiger partial charge in [-0.05, 0) is 6.42 Å². The van der Waals surface area contributed by atoms with Crippen LogP contribution in [0, 0.1) is 0 Å². The molecule has 0 aromatic heterocycles. The van der Waals surface area contributed by atoms with Gasteiger partial charge in [-0.1, -0.05) is 0 Å². The van der Waals surface area contributed by atoms with Crippen molar-refractivity contribution in [3.05, 3.63) is 0 Å². The Morgan fingerprint density at radius 2 is 1.67 bits per heavy atom. The molecule has 1 saturated heterocycles. The Hall–Kier alpha value is -0.860. The minimum absolute atomic E-state index is 0.0498. The van der Waals surface area contributed by atoms with E-state index in [0.717, 1.165) is 6.42 Å². The van der Waals surface area contributed by atoms with E-state index in [4.69, 9.17) is 0 Å². The number of amides is 2. The molecule has 0 aromatic carbocycles. The summed E-state index contributed by atoms with van der Waals surface area (Å²) in [6, 6.07) is 0. The second-order valence-electron chi connectivity index (χ2n) is 2.20. The third kappa shape index (κ3) is 1.09. The zero-order valence-electron chi connectivity index (χ0n) is 5.39. The fourth-order valence-electron chi connectivity index (χ4n) is 0.865. The van der Waals surface area contributed by atoms with Gasteiger partial charge in [0.25, 0.3) is 0 Å². The van der Waals surface area contributed by atoms with E-state index in [1.165, 1.54) is 11.9 Å². The molecule has 1 heterocycles. The molecule has 2 amide bonds. The topological polar surface area (TPSA) is 37.4 Å². The smallest absolute Gasteiger partial charge is 0.228 e. The number of carbonyl (C=O) groups excluding carboxylic acids is 2. The molecule has 0 radical (unpaired) electrons. The molecule has 0 bridgehead atoms. The minimum Gasteiger partial charge on any atom is -0.286 e. The largest absolute Gasteiger partial charge is 0.286 e. The molecule has 3 heteroatoms. The van der Waals surface area contributed by atoms with Gasteiger partial charge in [-0.3, -0.25) is 14.5 Å². The maximum Gasteiger partial charge on any atom is 0.228 e. The molecular weight excluding hydrogens is 118 g/mol. The van der Waals surface area contributed by atoms with Gasteiger partial charge in [0.1, 0.15) is 0 Å². The molecule has 1 rings (SSSR count). The molecule has 9 heavy (non-hydrogen) atoms. The van der Waals surface area contributed by atoms with Gasteiger partial charge < -0.3 is 0 Å². The number of imide groups is 1. The number of nitrogens with zero attached hydrogens (tertiary/aromatic N) is 1. The van der Waals surface area contributed by atoms with Crippen molar-refractivity contribution in [2.75, 3.05) is 7.05 Å². The Labute approximate surface area is 53.6 Å². The van der Waals surface area contributed by atoms with E-state index in [9.17, 15) is 9.59 Å². The summed E-state index contributed by atoms with van der Waals surface area (Å²) in [6.07, 6.45) is 1.78. The second kappa shape index (κ2) is 2.17. The van der Waals surface area contributed by atoms with Crippen molar-refractivity contribution in [2.24, 2.45) is 0 Å². The van der Waals surface area contributed by atoms with Crippen molar-refractivity contribution in [3.63, 3.8) is 0 Å². The predicted octanol–water partition coefficient (Wildman–Crippen LogP) is 0.155. The normalized spacial score (nSPS) is 20.8. The van der Waals surface area contributed by atoms with Crippen LogP contribution in [0.4, 0.5) is 0 Å². The van der Waals surface area contributed by atoms with Gasteiger partial charge in [0, 0.05) is 19.9 Å². The van der Waals surface area contributed by atoms with Crippen LogP contribution in [0.25, 0.3) is 0 Å². The second-order valence-corrected chi connectivity index (χ2v) is 2.20. The number of piperidine rings is 1. The van der Waals surface area contributed by atoms with E-state index in [1.54, 1.807) is 0 Å². The molecule has 1 aliphatic rings. The summed E-state index contributed by atoms with van der Waals surface area (Å²) in [5.41, 5.74) is 0. The molecular formula is C6H9NO2. The number of likely N-dealkylation sites (tertiary alicyclic amines) is 1. The van der Waals surface area contributed by atoms with Crippen molar-refractivity contribution in [2.45, 2.75) is 19.3 Å². The van der Waals surface area contributed by atoms with E-state index < -0.39 is 0 Å². The Kier molecular flexibility index (Phi) is 1.51. The fraction of sp³-hybridized carbons (Fsp3) is 0.667. The van der Waals surface area contributed by atoms with Crippen LogP contribution >= 0.6 is 0 Å². The van der Waals surface area contributed by atoms with E-state index in [0.29, 0.717) is 12.8 Å². The molecule has 0 unspecified atom stereocenters. The molecule has 0 spiro atoms. The summed E-state index contributed by atoms with van der Waals surface area (Å²) in [5.74, 6) is -0.0995. The van der Waals surface area contributed by atoms with Gasteiger partial charge in [0.15, 0.2) is 0 Å². The van der Waals surface area contributed by atoms with E-state index >= 15 is 0 Å². The predicted molar refractivity (Wildman–Crippen MR) is 31.6 cm³/mol. The van der Waals surface area contributed by atoms with Crippen LogP contribution < -0.4 is 0 Å². The van der Waals surface area contributed by atoms with Crippen LogP contribution in [-0.2, 0) is 9.59 Å². The quantitative estimate of drug-likeness (QED) is 0.434. The monoisotopic (exact) mass is 127 g/mol. The molecule has 0 aromatic rings. The third-order valence-electron chi connectivity index (χ3n) is 1.53. The van der Waals surface area contributed by atoms with E-state index in [-0.39, 0.29) is 11.8 Å². The number of carbonyl (C=O) groups is 2. The lowest BCUT2D eigenvalue weighted by Crippen LogP contribution is -2.36. The van der Waals surface area contributed by atoms with Crippen molar-refractivity contribution in [3.8, 4) is 0 Å². The fourth-order valence-corrected chi connectivity index (χ4v) is 0.865. The third-order valence-corrected chi connectivity index (χ3v) is 1.53. The van der Waals surface area contributed by atoms with Crippen molar-refractivity contribution in [1.29, 1.82) is 0 Å². The van der Waals surface area contributed by atoms with Crippen molar-refractivity contribution in [1.82, 2.24) is 4.90 Å².